The van der Waals surface area contributed by atoms with Crippen LogP contribution in [0.1, 0.15) is 17.9 Å². The van der Waals surface area contributed by atoms with Crippen molar-refractivity contribution in [3.63, 3.8) is 0 Å². The van der Waals surface area contributed by atoms with E-state index >= 15 is 0 Å². The van der Waals surface area contributed by atoms with Crippen molar-refractivity contribution in [3.8, 4) is 17.2 Å². The first-order valence-electron chi connectivity index (χ1n) is 5.87. The molecule has 1 aromatic carbocycles. The van der Waals surface area contributed by atoms with Crippen LogP contribution in [0.2, 0.25) is 0 Å². The third-order valence-corrected chi connectivity index (χ3v) is 4.27. The van der Waals surface area contributed by atoms with Gasteiger partial charge >= 0.3 is 0 Å². The Morgan fingerprint density at radius 1 is 1.11 bits per heavy atom. The minimum absolute atomic E-state index is 0.0341. The van der Waals surface area contributed by atoms with E-state index in [-0.39, 0.29) is 16.5 Å². The van der Waals surface area contributed by atoms with Gasteiger partial charge in [-0.2, -0.15) is 0 Å². The van der Waals surface area contributed by atoms with E-state index in [2.05, 4.69) is 5.32 Å². The van der Waals surface area contributed by atoms with Crippen LogP contribution in [0.3, 0.4) is 0 Å². The summed E-state index contributed by atoms with van der Waals surface area (Å²) in [5.41, 5.74) is 0.878. The third-order valence-electron chi connectivity index (χ3n) is 3.00. The van der Waals surface area contributed by atoms with Crippen molar-refractivity contribution < 1.29 is 19.0 Å². The van der Waals surface area contributed by atoms with E-state index in [9.17, 15) is 4.79 Å². The van der Waals surface area contributed by atoms with Crippen LogP contribution in [-0.2, 0) is 4.79 Å². The molecule has 2 atom stereocenters. The van der Waals surface area contributed by atoms with Crippen molar-refractivity contribution in [2.75, 3.05) is 21.3 Å². The van der Waals surface area contributed by atoms with Crippen molar-refractivity contribution in [3.05, 3.63) is 17.7 Å². The van der Waals surface area contributed by atoms with E-state index in [0.717, 1.165) is 5.56 Å². The van der Waals surface area contributed by atoms with Gasteiger partial charge in [0.25, 0.3) is 0 Å². The number of amides is 1. The first-order chi connectivity index (χ1) is 9.12. The molecule has 1 fully saturated rings. The summed E-state index contributed by atoms with van der Waals surface area (Å²) in [5, 5.41) is 2.74. The number of benzene rings is 1. The Labute approximate surface area is 116 Å². The van der Waals surface area contributed by atoms with E-state index < -0.39 is 0 Å². The number of ether oxygens (including phenoxy) is 3. The number of carbonyl (C=O) groups is 1. The summed E-state index contributed by atoms with van der Waals surface area (Å²) in [6.07, 6.45) is 0. The van der Waals surface area contributed by atoms with Gasteiger partial charge in [-0.1, -0.05) is 0 Å². The van der Waals surface area contributed by atoms with Crippen molar-refractivity contribution in [2.45, 2.75) is 17.5 Å². The van der Waals surface area contributed by atoms with Gasteiger partial charge in [-0.05, 0) is 19.1 Å². The Morgan fingerprint density at radius 3 is 2.26 bits per heavy atom. The molecule has 0 aliphatic carbocycles. The molecule has 5 nitrogen and oxygen atoms in total. The molecule has 1 amide bonds. The molecule has 0 bridgehead atoms. The fourth-order valence-corrected chi connectivity index (χ4v) is 3.14. The molecule has 1 saturated heterocycles. The highest BCUT2D eigenvalue weighted by molar-refractivity contribution is 8.01. The minimum Gasteiger partial charge on any atom is -0.493 e. The minimum atomic E-state index is -0.128. The van der Waals surface area contributed by atoms with Crippen molar-refractivity contribution in [1.29, 1.82) is 0 Å². The molecule has 1 aliphatic heterocycles. The summed E-state index contributed by atoms with van der Waals surface area (Å²) < 4.78 is 16.0. The Bertz CT molecular complexity index is 492. The van der Waals surface area contributed by atoms with Crippen LogP contribution in [-0.4, -0.2) is 32.5 Å². The zero-order valence-corrected chi connectivity index (χ0v) is 12.2. The van der Waals surface area contributed by atoms with Gasteiger partial charge < -0.3 is 19.5 Å². The third kappa shape index (κ3) is 2.45. The molecule has 0 aromatic heterocycles. The smallest absolute Gasteiger partial charge is 0.234 e. The van der Waals surface area contributed by atoms with Gasteiger partial charge in [-0.15, -0.1) is 11.8 Å². The maximum absolute atomic E-state index is 11.6. The molecule has 0 radical (unpaired) electrons. The zero-order chi connectivity index (χ0) is 14.0. The lowest BCUT2D eigenvalue weighted by Crippen LogP contribution is -2.22. The van der Waals surface area contributed by atoms with Gasteiger partial charge in [0.1, 0.15) is 5.37 Å². The first kappa shape index (κ1) is 13.9. The summed E-state index contributed by atoms with van der Waals surface area (Å²) in [6.45, 7) is 1.88. The predicted molar refractivity (Wildman–Crippen MR) is 74.0 cm³/mol. The molecule has 0 saturated carbocycles. The van der Waals surface area contributed by atoms with Crippen LogP contribution in [0.15, 0.2) is 12.1 Å². The van der Waals surface area contributed by atoms with E-state index in [0.29, 0.717) is 17.2 Å². The summed E-state index contributed by atoms with van der Waals surface area (Å²) in [6, 6.07) is 3.70. The van der Waals surface area contributed by atoms with Crippen molar-refractivity contribution in [1.82, 2.24) is 5.32 Å². The number of nitrogens with one attached hydrogen (secondary N) is 1. The van der Waals surface area contributed by atoms with Gasteiger partial charge in [-0.3, -0.25) is 4.79 Å². The van der Waals surface area contributed by atoms with Crippen LogP contribution in [0.25, 0.3) is 0 Å². The maximum Gasteiger partial charge on any atom is 0.234 e. The summed E-state index contributed by atoms with van der Waals surface area (Å²) in [4.78, 5) is 11.6. The van der Waals surface area contributed by atoms with Crippen molar-refractivity contribution >= 4 is 17.7 Å². The fraction of sp³-hybridized carbons (Fsp3) is 0.462. The topological polar surface area (TPSA) is 56.8 Å². The molecule has 1 aliphatic rings. The normalized spacial score (nSPS) is 22.0. The summed E-state index contributed by atoms with van der Waals surface area (Å²) >= 11 is 1.55. The van der Waals surface area contributed by atoms with Gasteiger partial charge in [0.05, 0.1) is 26.6 Å². The number of thioether (sulfide) groups is 1. The molecular formula is C13H17NO4S. The van der Waals surface area contributed by atoms with E-state index in [1.54, 1.807) is 33.1 Å². The molecular weight excluding hydrogens is 266 g/mol. The quantitative estimate of drug-likeness (QED) is 0.915. The number of hydrogen-bond acceptors (Lipinski definition) is 5. The lowest BCUT2D eigenvalue weighted by Gasteiger charge is -2.18. The number of hydrogen-bond donors (Lipinski definition) is 1. The Morgan fingerprint density at radius 2 is 1.79 bits per heavy atom. The van der Waals surface area contributed by atoms with Crippen molar-refractivity contribution in [2.24, 2.45) is 0 Å². The SMILES string of the molecule is COc1ccc(C2NC(=O)C(C)S2)c(OC)c1OC. The Hall–Kier alpha value is -1.56. The average molecular weight is 283 g/mol. The van der Waals surface area contributed by atoms with Gasteiger partial charge in [0, 0.05) is 5.56 Å². The molecule has 6 heteroatoms. The number of methoxy groups -OCH3 is 3. The summed E-state index contributed by atoms with van der Waals surface area (Å²) in [7, 11) is 4.71. The second kappa shape index (κ2) is 5.61. The van der Waals surface area contributed by atoms with Crippen LogP contribution in [0.5, 0.6) is 17.2 Å². The van der Waals surface area contributed by atoms with Crippen LogP contribution >= 0.6 is 11.8 Å². The number of carbonyl (C=O) groups excluding carboxylic acids is 1. The molecule has 1 aromatic rings. The zero-order valence-electron chi connectivity index (χ0n) is 11.4. The standard InChI is InChI=1S/C13H17NO4S/c1-7-12(15)14-13(19-7)8-5-6-9(16-2)11(18-4)10(8)17-3/h5-7,13H,1-4H3,(H,14,15). The molecule has 1 N–H and O–H groups in total. The lowest BCUT2D eigenvalue weighted by atomic mass is 10.1. The molecule has 0 spiro atoms. The second-order valence-corrected chi connectivity index (χ2v) is 5.54. The average Bonchev–Trinajstić information content (AvgIpc) is 2.76. The van der Waals surface area contributed by atoms with Gasteiger partial charge in [0.15, 0.2) is 11.5 Å². The van der Waals surface area contributed by atoms with E-state index in [1.165, 1.54) is 0 Å². The monoisotopic (exact) mass is 283 g/mol. The molecule has 1 heterocycles. The Kier molecular flexibility index (Phi) is 4.09. The van der Waals surface area contributed by atoms with Crippen LogP contribution < -0.4 is 19.5 Å². The molecule has 104 valence electrons. The number of rotatable bonds is 4. The summed E-state index contributed by atoms with van der Waals surface area (Å²) in [5.74, 6) is 1.77. The highest BCUT2D eigenvalue weighted by Crippen LogP contribution is 2.46. The molecule has 2 unspecified atom stereocenters. The van der Waals surface area contributed by atoms with Crippen LogP contribution in [0, 0.1) is 0 Å². The predicted octanol–water partition coefficient (Wildman–Crippen LogP) is 1.96. The fourth-order valence-electron chi connectivity index (χ4n) is 2.03. The van der Waals surface area contributed by atoms with E-state index in [4.69, 9.17) is 14.2 Å². The highest BCUT2D eigenvalue weighted by atomic mass is 32.2. The second-order valence-electron chi connectivity index (χ2n) is 4.09. The molecule has 19 heavy (non-hydrogen) atoms. The van der Waals surface area contributed by atoms with E-state index in [1.807, 2.05) is 19.1 Å². The lowest BCUT2D eigenvalue weighted by molar-refractivity contribution is -0.119. The molecule has 2 rings (SSSR count). The highest BCUT2D eigenvalue weighted by Gasteiger charge is 2.33. The maximum atomic E-state index is 11.6. The Balaban J connectivity index is 2.44. The van der Waals surface area contributed by atoms with Gasteiger partial charge in [0.2, 0.25) is 11.7 Å². The van der Waals surface area contributed by atoms with Gasteiger partial charge in [-0.25, -0.2) is 0 Å². The first-order valence-corrected chi connectivity index (χ1v) is 6.81. The largest absolute Gasteiger partial charge is 0.493 e. The van der Waals surface area contributed by atoms with Crippen LogP contribution in [0.4, 0.5) is 0 Å².